The summed E-state index contributed by atoms with van der Waals surface area (Å²) in [4.78, 5) is 18.9. The van der Waals surface area contributed by atoms with Crippen LogP contribution in [0.1, 0.15) is 12.8 Å². The second-order valence-electron chi connectivity index (χ2n) is 5.26. The zero-order valence-corrected chi connectivity index (χ0v) is 12.7. The molecular formula is C16H19N3OS. The van der Waals surface area contributed by atoms with Crippen molar-refractivity contribution in [2.75, 3.05) is 24.5 Å². The number of anilines is 1. The molecule has 3 rings (SSSR count). The summed E-state index contributed by atoms with van der Waals surface area (Å²) >= 11 is 1.73. The van der Waals surface area contributed by atoms with Crippen molar-refractivity contribution in [3.63, 3.8) is 0 Å². The Kier molecular flexibility index (Phi) is 4.20. The number of carbonyl (C=O) groups excluding carboxylic acids is 1. The molecule has 1 aliphatic rings. The highest BCUT2D eigenvalue weighted by molar-refractivity contribution is 7.22. The Hall–Kier alpha value is -1.88. The average Bonchev–Trinajstić information content (AvgIpc) is 2.96. The smallest absolute Gasteiger partial charge is 0.223 e. The van der Waals surface area contributed by atoms with E-state index >= 15 is 0 Å². The van der Waals surface area contributed by atoms with Crippen LogP contribution in [0.4, 0.5) is 5.13 Å². The van der Waals surface area contributed by atoms with Crippen LogP contribution >= 0.6 is 11.3 Å². The molecule has 1 N–H and O–H groups in total. The maximum atomic E-state index is 12.0. The van der Waals surface area contributed by atoms with Crippen molar-refractivity contribution in [2.45, 2.75) is 12.8 Å². The maximum absolute atomic E-state index is 12.0. The Morgan fingerprint density at radius 3 is 2.90 bits per heavy atom. The van der Waals surface area contributed by atoms with Gasteiger partial charge in [0.15, 0.2) is 5.13 Å². The number of fused-ring (bicyclic) bond motifs is 1. The number of amides is 1. The molecule has 21 heavy (non-hydrogen) atoms. The highest BCUT2D eigenvalue weighted by atomic mass is 32.1. The molecule has 5 heteroatoms. The molecule has 1 amide bonds. The number of benzene rings is 1. The van der Waals surface area contributed by atoms with Crippen LogP contribution in [0.2, 0.25) is 0 Å². The molecule has 1 saturated heterocycles. The number of para-hydroxylation sites is 1. The second-order valence-corrected chi connectivity index (χ2v) is 6.27. The monoisotopic (exact) mass is 301 g/mol. The standard InChI is InChI=1S/C16H19N3OS/c1-2-9-17-15(20)12-7-10-19(11-8-12)16-18-13-5-3-4-6-14(13)21-16/h2-6,12H,1,7-11H2,(H,17,20). The Bertz CT molecular complexity index is 611. The first kappa shape index (κ1) is 14.1. The van der Waals surface area contributed by atoms with Gasteiger partial charge in [-0.1, -0.05) is 29.5 Å². The molecule has 4 nitrogen and oxygen atoms in total. The van der Waals surface area contributed by atoms with Crippen LogP contribution in [0.5, 0.6) is 0 Å². The van der Waals surface area contributed by atoms with Gasteiger partial charge in [-0.3, -0.25) is 4.79 Å². The predicted molar refractivity (Wildman–Crippen MR) is 87.8 cm³/mol. The second kappa shape index (κ2) is 6.26. The summed E-state index contributed by atoms with van der Waals surface area (Å²) in [5.74, 6) is 0.273. The highest BCUT2D eigenvalue weighted by Gasteiger charge is 2.25. The van der Waals surface area contributed by atoms with Crippen LogP contribution in [0.15, 0.2) is 36.9 Å². The van der Waals surface area contributed by atoms with Crippen molar-refractivity contribution >= 4 is 32.6 Å². The van der Waals surface area contributed by atoms with E-state index in [9.17, 15) is 4.79 Å². The van der Waals surface area contributed by atoms with Crippen LogP contribution in [0, 0.1) is 5.92 Å². The van der Waals surface area contributed by atoms with Gasteiger partial charge in [0.2, 0.25) is 5.91 Å². The summed E-state index contributed by atoms with van der Waals surface area (Å²) in [5, 5.41) is 3.96. The molecule has 110 valence electrons. The molecule has 1 fully saturated rings. The SMILES string of the molecule is C=CCNC(=O)C1CCN(c2nc3ccccc3s2)CC1. The molecule has 0 bridgehead atoms. The number of aromatic nitrogens is 1. The number of nitrogens with one attached hydrogen (secondary N) is 1. The first-order chi connectivity index (χ1) is 10.3. The van der Waals surface area contributed by atoms with Gasteiger partial charge in [-0.05, 0) is 25.0 Å². The van der Waals surface area contributed by atoms with Gasteiger partial charge in [-0.15, -0.1) is 6.58 Å². The molecule has 0 spiro atoms. The number of hydrogen-bond donors (Lipinski definition) is 1. The van der Waals surface area contributed by atoms with E-state index in [1.807, 2.05) is 18.2 Å². The molecule has 0 radical (unpaired) electrons. The largest absolute Gasteiger partial charge is 0.352 e. The van der Waals surface area contributed by atoms with Gasteiger partial charge in [0, 0.05) is 25.6 Å². The van der Waals surface area contributed by atoms with Gasteiger partial charge in [-0.2, -0.15) is 0 Å². The zero-order valence-electron chi connectivity index (χ0n) is 11.9. The molecule has 0 atom stereocenters. The van der Waals surface area contributed by atoms with E-state index < -0.39 is 0 Å². The van der Waals surface area contributed by atoms with Crippen LogP contribution in [0.25, 0.3) is 10.2 Å². The maximum Gasteiger partial charge on any atom is 0.223 e. The fourth-order valence-electron chi connectivity index (χ4n) is 2.65. The lowest BCUT2D eigenvalue weighted by molar-refractivity contribution is -0.125. The van der Waals surface area contributed by atoms with Crippen LogP contribution in [-0.4, -0.2) is 30.5 Å². The quantitative estimate of drug-likeness (QED) is 0.883. The minimum Gasteiger partial charge on any atom is -0.352 e. The third kappa shape index (κ3) is 3.08. The molecule has 2 aromatic rings. The van der Waals surface area contributed by atoms with Crippen molar-refractivity contribution in [3.05, 3.63) is 36.9 Å². The highest BCUT2D eigenvalue weighted by Crippen LogP contribution is 2.31. The minimum atomic E-state index is 0.121. The minimum absolute atomic E-state index is 0.121. The van der Waals surface area contributed by atoms with E-state index in [0.717, 1.165) is 36.6 Å². The molecule has 1 aromatic heterocycles. The Balaban J connectivity index is 1.62. The van der Waals surface area contributed by atoms with E-state index in [1.165, 1.54) is 4.70 Å². The average molecular weight is 301 g/mol. The Morgan fingerprint density at radius 1 is 1.43 bits per heavy atom. The number of hydrogen-bond acceptors (Lipinski definition) is 4. The summed E-state index contributed by atoms with van der Waals surface area (Å²) in [5.41, 5.74) is 1.06. The van der Waals surface area contributed by atoms with Gasteiger partial charge in [0.1, 0.15) is 0 Å². The summed E-state index contributed by atoms with van der Waals surface area (Å²) in [7, 11) is 0. The third-order valence-electron chi connectivity index (χ3n) is 3.84. The van der Waals surface area contributed by atoms with Gasteiger partial charge >= 0.3 is 0 Å². The number of rotatable bonds is 4. The summed E-state index contributed by atoms with van der Waals surface area (Å²) in [6.45, 7) is 5.96. The normalized spacial score (nSPS) is 16.1. The lowest BCUT2D eigenvalue weighted by Gasteiger charge is -2.30. The van der Waals surface area contributed by atoms with Crippen LogP contribution in [-0.2, 0) is 4.79 Å². The molecule has 1 aliphatic heterocycles. The Morgan fingerprint density at radius 2 is 2.19 bits per heavy atom. The number of nitrogens with zero attached hydrogens (tertiary/aromatic N) is 2. The van der Waals surface area contributed by atoms with E-state index in [-0.39, 0.29) is 11.8 Å². The molecule has 2 heterocycles. The van der Waals surface area contributed by atoms with Crippen molar-refractivity contribution in [3.8, 4) is 0 Å². The van der Waals surface area contributed by atoms with E-state index in [4.69, 9.17) is 0 Å². The van der Waals surface area contributed by atoms with Crippen molar-refractivity contribution in [2.24, 2.45) is 5.92 Å². The molecule has 1 aromatic carbocycles. The molecule has 0 saturated carbocycles. The van der Waals surface area contributed by atoms with Crippen molar-refractivity contribution < 1.29 is 4.79 Å². The lowest BCUT2D eigenvalue weighted by atomic mass is 9.96. The molecule has 0 unspecified atom stereocenters. The number of thiazole rings is 1. The van der Waals surface area contributed by atoms with Gasteiger partial charge in [-0.25, -0.2) is 4.98 Å². The van der Waals surface area contributed by atoms with E-state index in [1.54, 1.807) is 17.4 Å². The number of piperidine rings is 1. The number of carbonyl (C=O) groups is 1. The van der Waals surface area contributed by atoms with Crippen molar-refractivity contribution in [1.82, 2.24) is 10.3 Å². The summed E-state index contributed by atoms with van der Waals surface area (Å²) in [6, 6.07) is 8.21. The van der Waals surface area contributed by atoms with E-state index in [0.29, 0.717) is 6.54 Å². The summed E-state index contributed by atoms with van der Waals surface area (Å²) in [6.07, 6.45) is 3.49. The molecular weight excluding hydrogens is 282 g/mol. The van der Waals surface area contributed by atoms with Crippen LogP contribution < -0.4 is 10.2 Å². The topological polar surface area (TPSA) is 45.2 Å². The Labute approximate surface area is 128 Å². The fraction of sp³-hybridized carbons (Fsp3) is 0.375. The van der Waals surface area contributed by atoms with Gasteiger partial charge < -0.3 is 10.2 Å². The molecule has 0 aliphatic carbocycles. The predicted octanol–water partition coefficient (Wildman–Crippen LogP) is 2.81. The third-order valence-corrected chi connectivity index (χ3v) is 4.94. The summed E-state index contributed by atoms with van der Waals surface area (Å²) < 4.78 is 1.22. The first-order valence-electron chi connectivity index (χ1n) is 7.27. The fourth-order valence-corrected chi connectivity index (χ4v) is 3.66. The zero-order chi connectivity index (χ0) is 14.7. The van der Waals surface area contributed by atoms with E-state index in [2.05, 4.69) is 27.8 Å². The van der Waals surface area contributed by atoms with Gasteiger partial charge in [0.05, 0.1) is 10.2 Å². The van der Waals surface area contributed by atoms with Crippen LogP contribution in [0.3, 0.4) is 0 Å². The first-order valence-corrected chi connectivity index (χ1v) is 8.08. The van der Waals surface area contributed by atoms with Gasteiger partial charge in [0.25, 0.3) is 0 Å². The van der Waals surface area contributed by atoms with Crippen molar-refractivity contribution in [1.29, 1.82) is 0 Å². The lowest BCUT2D eigenvalue weighted by Crippen LogP contribution is -2.40.